The van der Waals surface area contributed by atoms with Crippen LogP contribution in [-0.2, 0) is 0 Å². The molecular formula is C17H15ClN4O2. The Labute approximate surface area is 143 Å². The third-order valence-electron chi connectivity index (χ3n) is 3.53. The lowest BCUT2D eigenvalue weighted by atomic mass is 10.1. The number of benzene rings is 2. The number of aliphatic hydroxyl groups excluding tert-OH is 1. The molecule has 24 heavy (non-hydrogen) atoms. The highest BCUT2D eigenvalue weighted by Crippen LogP contribution is 2.21. The molecular weight excluding hydrogens is 328 g/mol. The molecule has 3 aromatic rings. The smallest absolute Gasteiger partial charge is 0.251 e. The Morgan fingerprint density at radius 1 is 1.21 bits per heavy atom. The minimum absolute atomic E-state index is 0.0768. The first-order chi connectivity index (χ1) is 11.6. The highest BCUT2D eigenvalue weighted by molar-refractivity contribution is 6.31. The molecule has 6 nitrogen and oxygen atoms in total. The van der Waals surface area contributed by atoms with E-state index in [2.05, 4.69) is 15.4 Å². The first-order valence-corrected chi connectivity index (χ1v) is 7.68. The van der Waals surface area contributed by atoms with Gasteiger partial charge >= 0.3 is 0 Å². The zero-order chi connectivity index (χ0) is 16.9. The van der Waals surface area contributed by atoms with Gasteiger partial charge in [0.25, 0.3) is 5.91 Å². The van der Waals surface area contributed by atoms with Crippen molar-refractivity contribution < 1.29 is 9.90 Å². The second-order valence-corrected chi connectivity index (χ2v) is 5.54. The van der Waals surface area contributed by atoms with E-state index in [0.717, 1.165) is 5.69 Å². The number of nitrogens with one attached hydrogen (secondary N) is 1. The van der Waals surface area contributed by atoms with E-state index in [1.165, 1.54) is 6.33 Å². The molecule has 1 amide bonds. The first-order valence-electron chi connectivity index (χ1n) is 7.31. The molecule has 0 aliphatic heterocycles. The molecule has 0 fully saturated rings. The normalized spacial score (nSPS) is 11.9. The summed E-state index contributed by atoms with van der Waals surface area (Å²) in [7, 11) is 0. The van der Waals surface area contributed by atoms with Crippen molar-refractivity contribution in [1.82, 2.24) is 20.1 Å². The zero-order valence-corrected chi connectivity index (χ0v) is 13.4. The van der Waals surface area contributed by atoms with Crippen molar-refractivity contribution in [2.75, 3.05) is 6.54 Å². The molecule has 1 unspecified atom stereocenters. The molecule has 0 saturated heterocycles. The number of carbonyl (C=O) groups is 1. The zero-order valence-electron chi connectivity index (χ0n) is 12.6. The lowest BCUT2D eigenvalue weighted by Gasteiger charge is -2.13. The average Bonchev–Trinajstić information content (AvgIpc) is 3.14. The van der Waals surface area contributed by atoms with Crippen LogP contribution in [0.2, 0.25) is 5.02 Å². The van der Waals surface area contributed by atoms with Gasteiger partial charge in [-0.3, -0.25) is 4.79 Å². The summed E-state index contributed by atoms with van der Waals surface area (Å²) in [6.45, 7) is 0.0768. The van der Waals surface area contributed by atoms with E-state index in [0.29, 0.717) is 16.1 Å². The Hall–Kier alpha value is -2.70. The third kappa shape index (κ3) is 3.61. The molecule has 7 heteroatoms. The molecule has 1 heterocycles. The second-order valence-electron chi connectivity index (χ2n) is 5.13. The van der Waals surface area contributed by atoms with Gasteiger partial charge in [-0.05, 0) is 30.3 Å². The quantitative estimate of drug-likeness (QED) is 0.746. The predicted molar refractivity (Wildman–Crippen MR) is 90.1 cm³/mol. The molecule has 122 valence electrons. The summed E-state index contributed by atoms with van der Waals surface area (Å²) in [5.74, 6) is -0.272. The van der Waals surface area contributed by atoms with Crippen LogP contribution in [0.3, 0.4) is 0 Å². The van der Waals surface area contributed by atoms with E-state index in [9.17, 15) is 9.90 Å². The molecule has 1 aromatic heterocycles. The maximum atomic E-state index is 12.2. The van der Waals surface area contributed by atoms with Crippen LogP contribution in [-0.4, -0.2) is 32.3 Å². The fourth-order valence-electron chi connectivity index (χ4n) is 2.25. The van der Waals surface area contributed by atoms with E-state index in [4.69, 9.17) is 11.6 Å². The Morgan fingerprint density at radius 2 is 1.96 bits per heavy atom. The number of halogens is 1. The maximum Gasteiger partial charge on any atom is 0.251 e. The minimum atomic E-state index is -0.864. The van der Waals surface area contributed by atoms with Crippen LogP contribution in [0.1, 0.15) is 22.0 Å². The van der Waals surface area contributed by atoms with Gasteiger partial charge in [0.1, 0.15) is 12.7 Å². The van der Waals surface area contributed by atoms with Crippen LogP contribution >= 0.6 is 11.6 Å². The fourth-order valence-corrected chi connectivity index (χ4v) is 2.52. The Balaban J connectivity index is 1.62. The van der Waals surface area contributed by atoms with E-state index < -0.39 is 6.10 Å². The van der Waals surface area contributed by atoms with Crippen molar-refractivity contribution in [3.05, 3.63) is 77.3 Å². The molecule has 0 bridgehead atoms. The van der Waals surface area contributed by atoms with E-state index in [1.54, 1.807) is 59.5 Å². The third-order valence-corrected chi connectivity index (χ3v) is 3.88. The highest BCUT2D eigenvalue weighted by Gasteiger charge is 2.13. The molecule has 1 atom stereocenters. The summed E-state index contributed by atoms with van der Waals surface area (Å²) in [4.78, 5) is 16.0. The highest BCUT2D eigenvalue weighted by atomic mass is 35.5. The van der Waals surface area contributed by atoms with Gasteiger partial charge in [-0.15, -0.1) is 0 Å². The number of hydrogen-bond donors (Lipinski definition) is 2. The lowest BCUT2D eigenvalue weighted by Crippen LogP contribution is -2.28. The number of nitrogens with zero attached hydrogens (tertiary/aromatic N) is 3. The molecule has 2 N–H and O–H groups in total. The van der Waals surface area contributed by atoms with Crippen molar-refractivity contribution in [2.24, 2.45) is 0 Å². The van der Waals surface area contributed by atoms with E-state index in [-0.39, 0.29) is 12.5 Å². The van der Waals surface area contributed by atoms with Gasteiger partial charge in [0.05, 0.1) is 11.8 Å². The molecule has 2 aromatic carbocycles. The monoisotopic (exact) mass is 342 g/mol. The van der Waals surface area contributed by atoms with Crippen LogP contribution in [0.5, 0.6) is 0 Å². The molecule has 0 aliphatic rings. The summed E-state index contributed by atoms with van der Waals surface area (Å²) in [6.07, 6.45) is 2.16. The molecule has 0 spiro atoms. The molecule has 0 saturated carbocycles. The van der Waals surface area contributed by atoms with Gasteiger partial charge in [0.15, 0.2) is 0 Å². The van der Waals surface area contributed by atoms with Gasteiger partial charge in [-0.25, -0.2) is 9.67 Å². The molecule has 0 aliphatic carbocycles. The summed E-state index contributed by atoms with van der Waals surface area (Å²) < 4.78 is 1.60. The minimum Gasteiger partial charge on any atom is -0.387 e. The SMILES string of the molecule is O=C(NCC(O)c1ccccc1Cl)c1ccc(-n2cncn2)cc1. The molecule has 3 rings (SSSR count). The number of hydrogen-bond acceptors (Lipinski definition) is 4. The summed E-state index contributed by atoms with van der Waals surface area (Å²) in [5, 5.41) is 17.3. The number of aromatic nitrogens is 3. The molecule has 0 radical (unpaired) electrons. The van der Waals surface area contributed by atoms with Gasteiger partial charge in [-0.1, -0.05) is 29.8 Å². The topological polar surface area (TPSA) is 80.0 Å². The number of carbonyl (C=O) groups excluding carboxylic acids is 1. The Bertz CT molecular complexity index is 819. The second kappa shape index (κ2) is 7.25. The van der Waals surface area contributed by atoms with Crippen LogP contribution in [0, 0.1) is 0 Å². The van der Waals surface area contributed by atoms with E-state index >= 15 is 0 Å². The van der Waals surface area contributed by atoms with Crippen molar-refractivity contribution in [3.63, 3.8) is 0 Å². The Morgan fingerprint density at radius 3 is 2.62 bits per heavy atom. The average molecular weight is 343 g/mol. The van der Waals surface area contributed by atoms with Crippen LogP contribution < -0.4 is 5.32 Å². The van der Waals surface area contributed by atoms with Crippen molar-refractivity contribution in [1.29, 1.82) is 0 Å². The number of rotatable bonds is 5. The fraction of sp³-hybridized carbons (Fsp3) is 0.118. The largest absolute Gasteiger partial charge is 0.387 e. The summed E-state index contributed by atoms with van der Waals surface area (Å²) in [5.41, 5.74) is 1.88. The van der Waals surface area contributed by atoms with Crippen LogP contribution in [0.15, 0.2) is 61.2 Å². The van der Waals surface area contributed by atoms with Gasteiger partial charge in [-0.2, -0.15) is 5.10 Å². The van der Waals surface area contributed by atoms with Crippen LogP contribution in [0.25, 0.3) is 5.69 Å². The standard InChI is InChI=1S/C17H15ClN4O2/c18-15-4-2-1-3-14(15)16(23)9-20-17(24)12-5-7-13(8-6-12)22-11-19-10-21-22/h1-8,10-11,16,23H,9H2,(H,20,24). The van der Waals surface area contributed by atoms with Gasteiger partial charge < -0.3 is 10.4 Å². The van der Waals surface area contributed by atoms with Crippen molar-refractivity contribution in [3.8, 4) is 5.69 Å². The first kappa shape index (κ1) is 16.2. The summed E-state index contributed by atoms with van der Waals surface area (Å²) >= 11 is 6.03. The van der Waals surface area contributed by atoms with Gasteiger partial charge in [0.2, 0.25) is 0 Å². The predicted octanol–water partition coefficient (Wildman–Crippen LogP) is 2.38. The van der Waals surface area contributed by atoms with Gasteiger partial charge in [0, 0.05) is 22.7 Å². The number of aliphatic hydroxyl groups is 1. The lowest BCUT2D eigenvalue weighted by molar-refractivity contribution is 0.0916. The number of amides is 1. The summed E-state index contributed by atoms with van der Waals surface area (Å²) in [6, 6.07) is 13.9. The Kier molecular flexibility index (Phi) is 4.88. The van der Waals surface area contributed by atoms with E-state index in [1.807, 2.05) is 0 Å². The van der Waals surface area contributed by atoms with Crippen molar-refractivity contribution in [2.45, 2.75) is 6.10 Å². The maximum absolute atomic E-state index is 12.2. The van der Waals surface area contributed by atoms with Crippen molar-refractivity contribution >= 4 is 17.5 Å². The van der Waals surface area contributed by atoms with Crippen LogP contribution in [0.4, 0.5) is 0 Å².